The topological polar surface area (TPSA) is 32.7 Å². The van der Waals surface area contributed by atoms with Gasteiger partial charge in [-0.1, -0.05) is 6.07 Å². The molecule has 1 rings (SSSR count). The fraction of sp³-hybridized carbons (Fsp3) is 0.571. The Morgan fingerprint density at radius 3 is 2.00 bits per heavy atom. The molecule has 0 aliphatic carbocycles. The first-order valence-electron chi connectivity index (χ1n) is 6.31. The normalized spacial score (nSPS) is 9.41. The Morgan fingerprint density at radius 2 is 1.65 bits per heavy atom. The lowest BCUT2D eigenvalue weighted by molar-refractivity contribution is 0.162. The summed E-state index contributed by atoms with van der Waals surface area (Å²) in [6.07, 6.45) is 0. The molecular weight excluding hydrogens is 214 g/mol. The minimum Gasteiger partial charge on any atom is -0.508 e. The van der Waals surface area contributed by atoms with Crippen molar-refractivity contribution >= 4 is 5.69 Å². The van der Waals surface area contributed by atoms with E-state index in [1.807, 2.05) is 26.0 Å². The minimum atomic E-state index is 0.333. The number of nitrogens with zero attached hydrogens (tertiary/aromatic N) is 1. The van der Waals surface area contributed by atoms with Crippen LogP contribution in [-0.2, 0) is 4.74 Å². The van der Waals surface area contributed by atoms with Crippen molar-refractivity contribution in [3.63, 3.8) is 0 Å². The van der Waals surface area contributed by atoms with Gasteiger partial charge in [-0.15, -0.1) is 0 Å². The van der Waals surface area contributed by atoms with Crippen LogP contribution in [0, 0.1) is 0 Å². The summed E-state index contributed by atoms with van der Waals surface area (Å²) in [7, 11) is 0. The van der Waals surface area contributed by atoms with Crippen LogP contribution in [-0.4, -0.2) is 31.4 Å². The lowest BCUT2D eigenvalue weighted by Gasteiger charge is -2.20. The Labute approximate surface area is 105 Å². The molecule has 0 saturated heterocycles. The van der Waals surface area contributed by atoms with Gasteiger partial charge < -0.3 is 14.7 Å². The van der Waals surface area contributed by atoms with Crippen LogP contribution in [0.2, 0.25) is 0 Å². The maximum Gasteiger partial charge on any atom is 0.117 e. The Hall–Kier alpha value is -1.22. The molecule has 0 spiro atoms. The molecule has 0 aliphatic rings. The molecule has 0 unspecified atom stereocenters. The van der Waals surface area contributed by atoms with Gasteiger partial charge in [0.2, 0.25) is 0 Å². The van der Waals surface area contributed by atoms with E-state index in [1.54, 1.807) is 12.1 Å². The summed E-state index contributed by atoms with van der Waals surface area (Å²) in [4.78, 5) is 2.19. The van der Waals surface area contributed by atoms with Crippen LogP contribution in [0.25, 0.3) is 0 Å². The molecule has 0 bridgehead atoms. The van der Waals surface area contributed by atoms with Crippen molar-refractivity contribution in [1.29, 1.82) is 0 Å². The Morgan fingerprint density at radius 1 is 1.06 bits per heavy atom. The van der Waals surface area contributed by atoms with Gasteiger partial charge in [-0.25, -0.2) is 0 Å². The van der Waals surface area contributed by atoms with Gasteiger partial charge >= 0.3 is 0 Å². The van der Waals surface area contributed by atoms with Gasteiger partial charge in [0.05, 0.1) is 0 Å². The second-order valence-electron chi connectivity index (χ2n) is 3.47. The first kappa shape index (κ1) is 15.8. The van der Waals surface area contributed by atoms with Gasteiger partial charge in [-0.3, -0.25) is 0 Å². The van der Waals surface area contributed by atoms with E-state index in [1.165, 1.54) is 0 Å². The number of benzene rings is 1. The van der Waals surface area contributed by atoms with Crippen molar-refractivity contribution in [2.24, 2.45) is 0 Å². The number of phenolic OH excluding ortho intramolecular Hbond substituents is 1. The van der Waals surface area contributed by atoms with Crippen molar-refractivity contribution in [2.75, 3.05) is 31.2 Å². The predicted molar refractivity (Wildman–Crippen MR) is 73.8 cm³/mol. The third kappa shape index (κ3) is 6.84. The molecule has 1 N–H and O–H groups in total. The summed E-state index contributed by atoms with van der Waals surface area (Å²) >= 11 is 0. The number of phenols is 1. The fourth-order valence-corrected chi connectivity index (χ4v) is 1.48. The monoisotopic (exact) mass is 239 g/mol. The van der Waals surface area contributed by atoms with E-state index >= 15 is 0 Å². The Kier molecular flexibility index (Phi) is 9.25. The van der Waals surface area contributed by atoms with Crippen LogP contribution in [0.4, 0.5) is 5.69 Å². The smallest absolute Gasteiger partial charge is 0.117 e. The molecule has 3 nitrogen and oxygen atoms in total. The van der Waals surface area contributed by atoms with Gasteiger partial charge in [0.25, 0.3) is 0 Å². The van der Waals surface area contributed by atoms with Crippen molar-refractivity contribution in [3.8, 4) is 5.75 Å². The van der Waals surface area contributed by atoms with Crippen molar-refractivity contribution in [1.82, 2.24) is 0 Å². The molecule has 0 heterocycles. The van der Waals surface area contributed by atoms with Gasteiger partial charge in [0.15, 0.2) is 0 Å². The summed E-state index contributed by atoms with van der Waals surface area (Å²) in [5.41, 5.74) is 1.08. The van der Waals surface area contributed by atoms with E-state index in [-0.39, 0.29) is 0 Å². The second-order valence-corrected chi connectivity index (χ2v) is 3.47. The van der Waals surface area contributed by atoms with E-state index < -0.39 is 0 Å². The largest absolute Gasteiger partial charge is 0.508 e. The SMILES string of the molecule is CCN(CC)c1cccc(O)c1.CCOCC. The van der Waals surface area contributed by atoms with E-state index in [0.29, 0.717) is 5.75 Å². The van der Waals surface area contributed by atoms with Crippen LogP contribution < -0.4 is 4.90 Å². The number of rotatable bonds is 5. The zero-order valence-corrected chi connectivity index (χ0v) is 11.4. The highest BCUT2D eigenvalue weighted by atomic mass is 16.5. The number of hydrogen-bond donors (Lipinski definition) is 1. The average Bonchev–Trinajstić information content (AvgIpc) is 2.33. The fourth-order valence-electron chi connectivity index (χ4n) is 1.48. The number of aromatic hydroxyl groups is 1. The lowest BCUT2D eigenvalue weighted by Crippen LogP contribution is -2.21. The van der Waals surface area contributed by atoms with Gasteiger partial charge in [0, 0.05) is 38.1 Å². The van der Waals surface area contributed by atoms with Crippen molar-refractivity contribution in [2.45, 2.75) is 27.7 Å². The highest BCUT2D eigenvalue weighted by Gasteiger charge is 2.00. The molecule has 1 aromatic carbocycles. The molecule has 3 heteroatoms. The molecular formula is C14H25NO2. The number of hydrogen-bond acceptors (Lipinski definition) is 3. The van der Waals surface area contributed by atoms with Crippen LogP contribution in [0.1, 0.15) is 27.7 Å². The highest BCUT2D eigenvalue weighted by molar-refractivity contribution is 5.49. The molecule has 0 fully saturated rings. The quantitative estimate of drug-likeness (QED) is 0.856. The standard InChI is InChI=1S/C10H15NO.C4H10O/c1-3-11(4-2)9-6-5-7-10(12)8-9;1-3-5-4-2/h5-8,12H,3-4H2,1-2H3;3-4H2,1-2H3. The van der Waals surface area contributed by atoms with Crippen molar-refractivity contribution in [3.05, 3.63) is 24.3 Å². The summed E-state index contributed by atoms with van der Waals surface area (Å²) in [6.45, 7) is 11.8. The zero-order chi connectivity index (χ0) is 13.1. The van der Waals surface area contributed by atoms with E-state index in [2.05, 4.69) is 18.7 Å². The number of ether oxygens (including phenoxy) is 1. The van der Waals surface area contributed by atoms with Crippen LogP contribution in [0.3, 0.4) is 0 Å². The van der Waals surface area contributed by atoms with Gasteiger partial charge in [-0.2, -0.15) is 0 Å². The molecule has 17 heavy (non-hydrogen) atoms. The average molecular weight is 239 g/mol. The predicted octanol–water partition coefficient (Wildman–Crippen LogP) is 3.28. The molecule has 1 aromatic rings. The first-order valence-corrected chi connectivity index (χ1v) is 6.31. The van der Waals surface area contributed by atoms with Gasteiger partial charge in [0.1, 0.15) is 5.75 Å². The van der Waals surface area contributed by atoms with Crippen molar-refractivity contribution < 1.29 is 9.84 Å². The zero-order valence-electron chi connectivity index (χ0n) is 11.4. The third-order valence-electron chi connectivity index (χ3n) is 2.37. The number of anilines is 1. The molecule has 0 atom stereocenters. The molecule has 0 radical (unpaired) electrons. The summed E-state index contributed by atoms with van der Waals surface area (Å²) < 4.78 is 4.83. The van der Waals surface area contributed by atoms with E-state index in [4.69, 9.17) is 4.74 Å². The third-order valence-corrected chi connectivity index (χ3v) is 2.37. The molecule has 0 aromatic heterocycles. The Bertz CT molecular complexity index is 283. The van der Waals surface area contributed by atoms with E-state index in [9.17, 15) is 5.11 Å². The van der Waals surface area contributed by atoms with Crippen LogP contribution in [0.5, 0.6) is 5.75 Å². The maximum absolute atomic E-state index is 9.23. The van der Waals surface area contributed by atoms with Gasteiger partial charge in [-0.05, 0) is 39.8 Å². The Balaban J connectivity index is 0.000000437. The summed E-state index contributed by atoms with van der Waals surface area (Å²) in [5.74, 6) is 0.333. The molecule has 0 aliphatic heterocycles. The molecule has 0 saturated carbocycles. The minimum absolute atomic E-state index is 0.333. The summed E-state index contributed by atoms with van der Waals surface area (Å²) in [6, 6.07) is 7.34. The first-order chi connectivity index (χ1) is 8.19. The molecule has 0 amide bonds. The second kappa shape index (κ2) is 9.97. The molecule has 98 valence electrons. The van der Waals surface area contributed by atoms with E-state index in [0.717, 1.165) is 32.0 Å². The van der Waals surface area contributed by atoms with Crippen LogP contribution >= 0.6 is 0 Å². The lowest BCUT2D eigenvalue weighted by atomic mass is 10.2. The highest BCUT2D eigenvalue weighted by Crippen LogP contribution is 2.19. The summed E-state index contributed by atoms with van der Waals surface area (Å²) in [5, 5.41) is 9.23. The van der Waals surface area contributed by atoms with Crippen LogP contribution in [0.15, 0.2) is 24.3 Å². The maximum atomic E-state index is 9.23.